The van der Waals surface area contributed by atoms with Crippen LogP contribution in [0, 0.1) is 28.6 Å². The van der Waals surface area contributed by atoms with Crippen molar-refractivity contribution in [2.75, 3.05) is 0 Å². The Balaban J connectivity index is 1.98. The van der Waals surface area contributed by atoms with Crippen molar-refractivity contribution in [3.8, 4) is 0 Å². The van der Waals surface area contributed by atoms with Crippen molar-refractivity contribution in [1.82, 2.24) is 0 Å². The van der Waals surface area contributed by atoms with Gasteiger partial charge >= 0.3 is 0 Å². The third kappa shape index (κ3) is 1.21. The summed E-state index contributed by atoms with van der Waals surface area (Å²) in [5.41, 5.74) is 0.532. The first-order valence-electron chi connectivity index (χ1n) is 7.01. The monoisotopic (exact) mass is 222 g/mol. The minimum atomic E-state index is -0.399. The molecular weight excluding hydrogens is 196 g/mol. The Morgan fingerprint density at radius 3 is 2.38 bits per heavy atom. The van der Waals surface area contributed by atoms with Gasteiger partial charge in [-0.2, -0.15) is 0 Å². The average molecular weight is 222 g/mol. The van der Waals surface area contributed by atoms with Crippen molar-refractivity contribution in [3.63, 3.8) is 0 Å². The lowest BCUT2D eigenvalue weighted by molar-refractivity contribution is -0.122. The van der Waals surface area contributed by atoms with E-state index in [0.717, 1.165) is 18.3 Å². The second-order valence-corrected chi connectivity index (χ2v) is 7.83. The van der Waals surface area contributed by atoms with Crippen LogP contribution in [0.2, 0.25) is 0 Å². The van der Waals surface area contributed by atoms with E-state index in [9.17, 15) is 5.11 Å². The highest BCUT2D eigenvalue weighted by atomic mass is 16.3. The maximum absolute atomic E-state index is 10.8. The van der Waals surface area contributed by atoms with Gasteiger partial charge in [-0.3, -0.25) is 0 Å². The number of aliphatic hydroxyl groups is 1. The summed E-state index contributed by atoms with van der Waals surface area (Å²) < 4.78 is 0. The molecule has 0 aromatic heterocycles. The molecule has 5 atom stereocenters. The van der Waals surface area contributed by atoms with Gasteiger partial charge in [-0.15, -0.1) is 0 Å². The van der Waals surface area contributed by atoms with Crippen LogP contribution < -0.4 is 0 Å². The maximum atomic E-state index is 10.8. The molecule has 0 spiro atoms. The minimum Gasteiger partial charge on any atom is -0.390 e. The van der Waals surface area contributed by atoms with Crippen molar-refractivity contribution in [2.45, 2.75) is 65.4 Å². The molecule has 0 aromatic carbocycles. The first-order valence-corrected chi connectivity index (χ1v) is 7.01. The van der Waals surface area contributed by atoms with Crippen LogP contribution in [-0.2, 0) is 0 Å². The molecule has 3 saturated carbocycles. The molecule has 3 rings (SSSR count). The molecular formula is C15H26O. The van der Waals surface area contributed by atoms with E-state index < -0.39 is 5.60 Å². The molecule has 1 heteroatoms. The summed E-state index contributed by atoms with van der Waals surface area (Å²) in [6.07, 6.45) is 6.33. The highest BCUT2D eigenvalue weighted by Gasteiger charge is 2.69. The first-order chi connectivity index (χ1) is 7.29. The predicted octanol–water partition coefficient (Wildman–Crippen LogP) is 3.61. The summed E-state index contributed by atoms with van der Waals surface area (Å²) in [6, 6.07) is 0. The second-order valence-electron chi connectivity index (χ2n) is 7.83. The molecule has 0 radical (unpaired) electrons. The Morgan fingerprint density at radius 2 is 1.69 bits per heavy atom. The standard InChI is InChI=1S/C15H26O/c1-13(2)10-6-9-14(3)7-5-8-15(4,16)12(14)11(10)13/h10-12,16H,5-9H2,1-4H3. The number of rotatable bonds is 0. The molecule has 0 aromatic rings. The zero-order chi connectivity index (χ0) is 11.8. The van der Waals surface area contributed by atoms with Crippen LogP contribution in [0.25, 0.3) is 0 Å². The molecule has 3 fully saturated rings. The van der Waals surface area contributed by atoms with Gasteiger partial charge in [-0.1, -0.05) is 27.2 Å². The highest BCUT2D eigenvalue weighted by Crippen LogP contribution is 2.74. The fraction of sp³-hybridized carbons (Fsp3) is 1.00. The Hall–Kier alpha value is -0.0400. The molecule has 16 heavy (non-hydrogen) atoms. The summed E-state index contributed by atoms with van der Waals surface area (Å²) in [4.78, 5) is 0. The largest absolute Gasteiger partial charge is 0.390 e. The molecule has 3 aliphatic rings. The topological polar surface area (TPSA) is 20.2 Å². The fourth-order valence-corrected chi connectivity index (χ4v) is 5.50. The molecule has 0 aliphatic heterocycles. The van der Waals surface area contributed by atoms with Crippen LogP contribution in [0.5, 0.6) is 0 Å². The van der Waals surface area contributed by atoms with E-state index in [-0.39, 0.29) is 0 Å². The lowest BCUT2D eigenvalue weighted by Crippen LogP contribution is -2.51. The van der Waals surface area contributed by atoms with Gasteiger partial charge in [-0.25, -0.2) is 0 Å². The molecule has 1 nitrogen and oxygen atoms in total. The third-order valence-corrected chi connectivity index (χ3v) is 6.38. The highest BCUT2D eigenvalue weighted by molar-refractivity contribution is 5.18. The molecule has 0 bridgehead atoms. The van der Waals surface area contributed by atoms with Gasteiger partial charge in [0.25, 0.3) is 0 Å². The molecule has 92 valence electrons. The normalized spacial score (nSPS) is 58.7. The average Bonchev–Trinajstić information content (AvgIpc) is 2.66. The van der Waals surface area contributed by atoms with Crippen LogP contribution >= 0.6 is 0 Å². The number of fused-ring (bicyclic) bond motifs is 3. The van der Waals surface area contributed by atoms with Gasteiger partial charge in [0.15, 0.2) is 0 Å². The van der Waals surface area contributed by atoms with Crippen LogP contribution in [0.3, 0.4) is 0 Å². The smallest absolute Gasteiger partial charge is 0.0656 e. The van der Waals surface area contributed by atoms with E-state index in [0.29, 0.717) is 16.7 Å². The lowest BCUT2D eigenvalue weighted by Gasteiger charge is -2.52. The Bertz CT molecular complexity index is 317. The Morgan fingerprint density at radius 1 is 1.00 bits per heavy atom. The maximum Gasteiger partial charge on any atom is 0.0656 e. The number of hydrogen-bond acceptors (Lipinski definition) is 1. The summed E-state index contributed by atoms with van der Waals surface area (Å²) in [6.45, 7) is 9.37. The Labute approximate surface area is 99.6 Å². The van der Waals surface area contributed by atoms with Gasteiger partial charge in [0, 0.05) is 0 Å². The molecule has 3 aliphatic carbocycles. The van der Waals surface area contributed by atoms with Crippen LogP contribution in [0.15, 0.2) is 0 Å². The van der Waals surface area contributed by atoms with Crippen molar-refractivity contribution < 1.29 is 5.11 Å². The van der Waals surface area contributed by atoms with E-state index >= 15 is 0 Å². The summed E-state index contributed by atoms with van der Waals surface area (Å²) in [7, 11) is 0. The van der Waals surface area contributed by atoms with Crippen LogP contribution in [0.1, 0.15) is 59.8 Å². The molecule has 5 unspecified atom stereocenters. The zero-order valence-corrected chi connectivity index (χ0v) is 11.2. The van der Waals surface area contributed by atoms with E-state index in [1.807, 2.05) is 0 Å². The van der Waals surface area contributed by atoms with E-state index in [1.54, 1.807) is 0 Å². The van der Waals surface area contributed by atoms with Crippen molar-refractivity contribution in [2.24, 2.45) is 28.6 Å². The van der Waals surface area contributed by atoms with E-state index in [4.69, 9.17) is 0 Å². The number of hydrogen-bond donors (Lipinski definition) is 1. The zero-order valence-electron chi connectivity index (χ0n) is 11.2. The predicted molar refractivity (Wildman–Crippen MR) is 66.1 cm³/mol. The van der Waals surface area contributed by atoms with Gasteiger partial charge in [0.2, 0.25) is 0 Å². The minimum absolute atomic E-state index is 0.399. The summed E-state index contributed by atoms with van der Waals surface area (Å²) >= 11 is 0. The second kappa shape index (κ2) is 2.85. The quantitative estimate of drug-likeness (QED) is 0.664. The molecule has 1 N–H and O–H groups in total. The third-order valence-electron chi connectivity index (χ3n) is 6.38. The van der Waals surface area contributed by atoms with Gasteiger partial charge in [0.05, 0.1) is 5.60 Å². The van der Waals surface area contributed by atoms with Gasteiger partial charge in [0.1, 0.15) is 0 Å². The molecule has 0 heterocycles. The Kier molecular flexibility index (Phi) is 1.98. The van der Waals surface area contributed by atoms with E-state index in [2.05, 4.69) is 27.7 Å². The van der Waals surface area contributed by atoms with Crippen molar-refractivity contribution >= 4 is 0 Å². The van der Waals surface area contributed by atoms with Crippen LogP contribution in [0.4, 0.5) is 0 Å². The first kappa shape index (κ1) is 11.1. The fourth-order valence-electron chi connectivity index (χ4n) is 5.50. The van der Waals surface area contributed by atoms with Gasteiger partial charge in [-0.05, 0) is 61.2 Å². The lowest BCUT2D eigenvalue weighted by atomic mass is 9.55. The van der Waals surface area contributed by atoms with Crippen molar-refractivity contribution in [3.05, 3.63) is 0 Å². The van der Waals surface area contributed by atoms with Gasteiger partial charge < -0.3 is 5.11 Å². The molecule has 0 saturated heterocycles. The summed E-state index contributed by atoms with van der Waals surface area (Å²) in [5, 5.41) is 10.8. The SMILES string of the molecule is CC1(O)CCCC2(C)CCC3C(C12)C3(C)C. The van der Waals surface area contributed by atoms with E-state index in [1.165, 1.54) is 25.7 Å². The molecule has 0 amide bonds. The van der Waals surface area contributed by atoms with Crippen molar-refractivity contribution in [1.29, 1.82) is 0 Å². The van der Waals surface area contributed by atoms with Crippen LogP contribution in [-0.4, -0.2) is 10.7 Å². The summed E-state index contributed by atoms with van der Waals surface area (Å²) in [5.74, 6) is 2.25.